The molecule has 0 radical (unpaired) electrons. The van der Waals surface area contributed by atoms with Gasteiger partial charge in [-0.2, -0.15) is 0 Å². The molecule has 0 bridgehead atoms. The van der Waals surface area contributed by atoms with E-state index in [1.165, 1.54) is 22.2 Å². The molecule has 4 N–H and O–H groups in total. The van der Waals surface area contributed by atoms with Crippen molar-refractivity contribution in [1.29, 1.82) is 0 Å². The smallest absolute Gasteiger partial charge is 0.194 e. The molecule has 2 aromatic heterocycles. The van der Waals surface area contributed by atoms with Crippen LogP contribution in [0.2, 0.25) is 0 Å². The summed E-state index contributed by atoms with van der Waals surface area (Å²) in [6.07, 6.45) is -1.10. The van der Waals surface area contributed by atoms with E-state index in [2.05, 4.69) is 15.3 Å². The first-order chi connectivity index (χ1) is 16.8. The van der Waals surface area contributed by atoms with Crippen LogP contribution in [0.15, 0.2) is 18.3 Å². The average molecular weight is 547 g/mol. The standard InChI is InChI=1S/C23H29F3N4O4S2/c1-10-19(27-11(2)35-10)22(23(3,4)34)36-9-16(32)20(21(33)17(36)8-31)30-7-15(28-29-30)12-5-13(24)18(26)14(25)6-12/h5-7,16-17,20-22,31-34,36H,8-9H2,1-4H3/t16-,17+,20-,21-,22-/m0/s1. The van der Waals surface area contributed by atoms with E-state index in [-0.39, 0.29) is 17.0 Å². The summed E-state index contributed by atoms with van der Waals surface area (Å²) in [7, 11) is -1.37. The molecule has 198 valence electrons. The van der Waals surface area contributed by atoms with E-state index in [0.717, 1.165) is 22.0 Å². The fourth-order valence-corrected chi connectivity index (χ4v) is 9.52. The maximum Gasteiger partial charge on any atom is 0.194 e. The lowest BCUT2D eigenvalue weighted by Gasteiger charge is -2.50. The van der Waals surface area contributed by atoms with Gasteiger partial charge < -0.3 is 20.4 Å². The Kier molecular flexibility index (Phi) is 7.53. The zero-order valence-electron chi connectivity index (χ0n) is 20.1. The van der Waals surface area contributed by atoms with Gasteiger partial charge in [-0.05, 0) is 39.8 Å². The minimum absolute atomic E-state index is 0.0172. The Balaban J connectivity index is 1.68. The van der Waals surface area contributed by atoms with Gasteiger partial charge in [-0.15, -0.1) is 16.4 Å². The lowest BCUT2D eigenvalue weighted by Crippen LogP contribution is -2.52. The molecule has 6 atom stereocenters. The summed E-state index contributed by atoms with van der Waals surface area (Å²) < 4.78 is 41.9. The Morgan fingerprint density at radius 2 is 1.83 bits per heavy atom. The van der Waals surface area contributed by atoms with E-state index < -0.39 is 69.3 Å². The molecule has 3 aromatic rings. The predicted octanol–water partition coefficient (Wildman–Crippen LogP) is 2.59. The van der Waals surface area contributed by atoms with Crippen molar-refractivity contribution < 1.29 is 33.6 Å². The van der Waals surface area contributed by atoms with Crippen LogP contribution in [0.1, 0.15) is 40.7 Å². The summed E-state index contributed by atoms with van der Waals surface area (Å²) in [5, 5.41) is 51.3. The SMILES string of the molecule is Cc1nc([C@H]([SH]2C[C@H](O)[C@H](n3cc(-c4cc(F)c(F)c(F)c4)nn3)[C@@H](O)[C@H]2CO)C(C)(C)O)c(C)s1. The molecule has 8 nitrogen and oxygen atoms in total. The number of aliphatic hydroxyl groups excluding tert-OH is 3. The molecule has 0 spiro atoms. The van der Waals surface area contributed by atoms with Crippen LogP contribution in [0.5, 0.6) is 0 Å². The van der Waals surface area contributed by atoms with Crippen molar-refractivity contribution in [2.45, 2.75) is 62.0 Å². The first-order valence-corrected chi connectivity index (χ1v) is 13.8. The van der Waals surface area contributed by atoms with Crippen LogP contribution in [0, 0.1) is 31.3 Å². The van der Waals surface area contributed by atoms with Crippen molar-refractivity contribution in [3.05, 3.63) is 51.4 Å². The fourth-order valence-electron chi connectivity index (χ4n) is 4.91. The molecular formula is C23H29F3N4O4S2. The zero-order chi connectivity index (χ0) is 26.5. The number of aryl methyl sites for hydroxylation is 2. The van der Waals surface area contributed by atoms with Gasteiger partial charge in [0, 0.05) is 21.4 Å². The molecule has 1 aliphatic heterocycles. The third-order valence-corrected chi connectivity index (χ3v) is 11.0. The van der Waals surface area contributed by atoms with E-state index >= 15 is 0 Å². The normalized spacial score (nSPS) is 26.8. The minimum atomic E-state index is -1.60. The first kappa shape index (κ1) is 27.0. The van der Waals surface area contributed by atoms with Crippen LogP contribution in [0.25, 0.3) is 11.3 Å². The number of rotatable bonds is 6. The lowest BCUT2D eigenvalue weighted by molar-refractivity contribution is 0.00566. The van der Waals surface area contributed by atoms with Gasteiger partial charge in [0.05, 0.1) is 46.6 Å². The zero-order valence-corrected chi connectivity index (χ0v) is 21.8. The Morgan fingerprint density at radius 1 is 1.19 bits per heavy atom. The number of hydrogen-bond acceptors (Lipinski definition) is 8. The number of aliphatic hydroxyl groups is 4. The van der Waals surface area contributed by atoms with Crippen molar-refractivity contribution in [3.8, 4) is 11.3 Å². The van der Waals surface area contributed by atoms with Crippen LogP contribution in [-0.4, -0.2) is 75.8 Å². The van der Waals surface area contributed by atoms with Gasteiger partial charge in [0.2, 0.25) is 0 Å². The fraction of sp³-hybridized carbons (Fsp3) is 0.522. The number of halogens is 3. The monoisotopic (exact) mass is 546 g/mol. The first-order valence-electron chi connectivity index (χ1n) is 11.3. The second-order valence-electron chi connectivity index (χ2n) is 9.56. The summed E-state index contributed by atoms with van der Waals surface area (Å²) in [4.78, 5) is 5.54. The molecule has 36 heavy (non-hydrogen) atoms. The van der Waals surface area contributed by atoms with Crippen LogP contribution in [0.4, 0.5) is 13.2 Å². The molecule has 0 aliphatic carbocycles. The predicted molar refractivity (Wildman–Crippen MR) is 132 cm³/mol. The van der Waals surface area contributed by atoms with Crippen molar-refractivity contribution in [2.75, 3.05) is 12.4 Å². The number of thiol groups is 1. The van der Waals surface area contributed by atoms with Gasteiger partial charge in [-0.25, -0.2) is 33.7 Å². The summed E-state index contributed by atoms with van der Waals surface area (Å²) in [6.45, 7) is 6.66. The van der Waals surface area contributed by atoms with Gasteiger partial charge in [0.25, 0.3) is 0 Å². The molecule has 1 aromatic carbocycles. The Morgan fingerprint density at radius 3 is 2.36 bits per heavy atom. The molecule has 3 heterocycles. The lowest BCUT2D eigenvalue weighted by atomic mass is 10.0. The van der Waals surface area contributed by atoms with Gasteiger partial charge in [0.1, 0.15) is 11.7 Å². The second-order valence-corrected chi connectivity index (χ2v) is 13.5. The van der Waals surface area contributed by atoms with E-state index in [9.17, 15) is 33.6 Å². The highest BCUT2D eigenvalue weighted by atomic mass is 32.2. The van der Waals surface area contributed by atoms with E-state index in [0.29, 0.717) is 5.69 Å². The second kappa shape index (κ2) is 10.0. The molecule has 0 amide bonds. The van der Waals surface area contributed by atoms with E-state index in [1.807, 2.05) is 13.8 Å². The van der Waals surface area contributed by atoms with Crippen molar-refractivity contribution in [3.63, 3.8) is 0 Å². The number of aromatic nitrogens is 4. The van der Waals surface area contributed by atoms with Crippen LogP contribution in [0.3, 0.4) is 0 Å². The quantitative estimate of drug-likeness (QED) is 0.238. The highest BCUT2D eigenvalue weighted by Gasteiger charge is 2.49. The topological polar surface area (TPSA) is 125 Å². The minimum Gasteiger partial charge on any atom is -0.395 e. The van der Waals surface area contributed by atoms with Crippen molar-refractivity contribution in [2.24, 2.45) is 0 Å². The Labute approximate surface area is 212 Å². The molecular weight excluding hydrogens is 517 g/mol. The maximum absolute atomic E-state index is 13.7. The molecule has 4 rings (SSSR count). The molecule has 1 saturated heterocycles. The van der Waals surface area contributed by atoms with Gasteiger partial charge in [-0.1, -0.05) is 5.21 Å². The number of benzene rings is 1. The number of nitrogens with zero attached hydrogens (tertiary/aromatic N) is 4. The largest absolute Gasteiger partial charge is 0.395 e. The number of thiazole rings is 1. The van der Waals surface area contributed by atoms with Crippen LogP contribution >= 0.6 is 22.2 Å². The average Bonchev–Trinajstić information content (AvgIpc) is 3.37. The number of hydrogen-bond donors (Lipinski definition) is 5. The molecule has 1 aliphatic rings. The van der Waals surface area contributed by atoms with Crippen molar-refractivity contribution in [1.82, 2.24) is 20.0 Å². The molecule has 13 heteroatoms. The Bertz CT molecular complexity index is 1230. The van der Waals surface area contributed by atoms with E-state index in [1.54, 1.807) is 13.8 Å². The molecule has 0 saturated carbocycles. The summed E-state index contributed by atoms with van der Waals surface area (Å²) in [5.41, 5.74) is -0.595. The van der Waals surface area contributed by atoms with Gasteiger partial charge in [0.15, 0.2) is 17.5 Å². The van der Waals surface area contributed by atoms with Crippen LogP contribution in [-0.2, 0) is 0 Å². The highest BCUT2D eigenvalue weighted by molar-refractivity contribution is 8.18. The summed E-state index contributed by atoms with van der Waals surface area (Å²) >= 11 is 1.49. The van der Waals surface area contributed by atoms with Gasteiger partial charge in [-0.3, -0.25) is 0 Å². The highest BCUT2D eigenvalue weighted by Crippen LogP contribution is 2.57. The van der Waals surface area contributed by atoms with E-state index in [4.69, 9.17) is 0 Å². The third kappa shape index (κ3) is 4.92. The van der Waals surface area contributed by atoms with Crippen molar-refractivity contribution >= 4 is 22.2 Å². The maximum atomic E-state index is 13.7. The third-order valence-electron chi connectivity index (χ3n) is 6.44. The summed E-state index contributed by atoms with van der Waals surface area (Å²) in [6, 6.07) is 0.545. The molecule has 1 fully saturated rings. The van der Waals surface area contributed by atoms with Gasteiger partial charge >= 0.3 is 0 Å². The summed E-state index contributed by atoms with van der Waals surface area (Å²) in [5.74, 6) is -4.19. The van der Waals surface area contributed by atoms with Crippen LogP contribution < -0.4 is 0 Å². The molecule has 1 unspecified atom stereocenters. The Hall–Kier alpha value is -2.03.